The van der Waals surface area contributed by atoms with Crippen molar-refractivity contribution in [2.24, 2.45) is 11.7 Å². The standard InChI is InChI=1S/C12H17F2NO2S/c1-10(7-15)8-18(16,17)9-12(13,14)11-5-3-2-4-6-11/h2-6,10H,7-9,15H2,1H3. The maximum absolute atomic E-state index is 13.8. The van der Waals surface area contributed by atoms with Crippen LogP contribution in [0.25, 0.3) is 0 Å². The third kappa shape index (κ3) is 4.34. The minimum atomic E-state index is -3.83. The van der Waals surface area contributed by atoms with Gasteiger partial charge in [-0.15, -0.1) is 0 Å². The van der Waals surface area contributed by atoms with Crippen molar-refractivity contribution >= 4 is 9.84 Å². The molecule has 0 radical (unpaired) electrons. The Bertz CT molecular complexity index is 474. The van der Waals surface area contributed by atoms with Crippen LogP contribution >= 0.6 is 0 Å². The number of nitrogens with two attached hydrogens (primary N) is 1. The van der Waals surface area contributed by atoms with Gasteiger partial charge in [0, 0.05) is 5.56 Å². The molecule has 1 rings (SSSR count). The highest BCUT2D eigenvalue weighted by Gasteiger charge is 2.37. The molecule has 0 saturated carbocycles. The minimum absolute atomic E-state index is 0.163. The number of hydrogen-bond acceptors (Lipinski definition) is 3. The van der Waals surface area contributed by atoms with Gasteiger partial charge in [-0.1, -0.05) is 37.3 Å². The van der Waals surface area contributed by atoms with Gasteiger partial charge in [-0.25, -0.2) is 17.2 Å². The van der Waals surface area contributed by atoms with Crippen molar-refractivity contribution < 1.29 is 17.2 Å². The predicted octanol–water partition coefficient (Wildman–Crippen LogP) is 1.79. The molecule has 3 nitrogen and oxygen atoms in total. The number of benzene rings is 1. The first-order valence-electron chi connectivity index (χ1n) is 5.60. The predicted molar refractivity (Wildman–Crippen MR) is 67.2 cm³/mol. The summed E-state index contributed by atoms with van der Waals surface area (Å²) in [6.07, 6.45) is 0. The van der Waals surface area contributed by atoms with E-state index < -0.39 is 21.5 Å². The summed E-state index contributed by atoms with van der Waals surface area (Å²) in [5, 5.41) is 0. The Morgan fingerprint density at radius 2 is 1.83 bits per heavy atom. The molecule has 1 unspecified atom stereocenters. The number of alkyl halides is 2. The lowest BCUT2D eigenvalue weighted by Gasteiger charge is -2.18. The van der Waals surface area contributed by atoms with Crippen LogP contribution in [0.15, 0.2) is 30.3 Å². The van der Waals surface area contributed by atoms with Crippen LogP contribution in [0.5, 0.6) is 0 Å². The molecule has 102 valence electrons. The van der Waals surface area contributed by atoms with E-state index in [0.717, 1.165) is 0 Å². The average molecular weight is 277 g/mol. The molecule has 1 aromatic carbocycles. The maximum atomic E-state index is 13.8. The van der Waals surface area contributed by atoms with Crippen LogP contribution in [0.4, 0.5) is 8.78 Å². The molecular formula is C12H17F2NO2S. The lowest BCUT2D eigenvalue weighted by atomic mass is 10.1. The maximum Gasteiger partial charge on any atom is 0.287 e. The topological polar surface area (TPSA) is 60.2 Å². The zero-order valence-electron chi connectivity index (χ0n) is 10.1. The van der Waals surface area contributed by atoms with Gasteiger partial charge in [0.05, 0.1) is 5.75 Å². The van der Waals surface area contributed by atoms with E-state index in [1.54, 1.807) is 13.0 Å². The molecule has 0 fully saturated rings. The molecule has 2 N–H and O–H groups in total. The second-order valence-corrected chi connectivity index (χ2v) is 6.58. The molecule has 0 spiro atoms. The van der Waals surface area contributed by atoms with E-state index in [2.05, 4.69) is 0 Å². The Morgan fingerprint density at radius 3 is 2.33 bits per heavy atom. The lowest BCUT2D eigenvalue weighted by molar-refractivity contribution is 0.0213. The molecule has 0 aliphatic rings. The molecular weight excluding hydrogens is 260 g/mol. The summed E-state index contributed by atoms with van der Waals surface area (Å²) in [6.45, 7) is 1.79. The molecule has 1 aromatic rings. The zero-order valence-corrected chi connectivity index (χ0v) is 11.0. The van der Waals surface area contributed by atoms with Gasteiger partial charge >= 0.3 is 0 Å². The molecule has 0 bridgehead atoms. The third-order valence-electron chi connectivity index (χ3n) is 2.54. The third-order valence-corrected chi connectivity index (χ3v) is 4.42. The van der Waals surface area contributed by atoms with Crippen LogP contribution in [-0.4, -0.2) is 26.5 Å². The molecule has 0 aromatic heterocycles. The number of halogens is 2. The molecule has 0 amide bonds. The average Bonchev–Trinajstić information content (AvgIpc) is 2.28. The van der Waals surface area contributed by atoms with E-state index in [0.29, 0.717) is 0 Å². The van der Waals surface area contributed by atoms with Crippen molar-refractivity contribution in [2.75, 3.05) is 18.1 Å². The molecule has 0 saturated heterocycles. The van der Waals surface area contributed by atoms with Gasteiger partial charge in [-0.3, -0.25) is 0 Å². The van der Waals surface area contributed by atoms with E-state index in [1.165, 1.54) is 24.3 Å². The summed E-state index contributed by atoms with van der Waals surface area (Å²) >= 11 is 0. The number of sulfone groups is 1. The molecule has 0 heterocycles. The molecule has 18 heavy (non-hydrogen) atoms. The van der Waals surface area contributed by atoms with Crippen LogP contribution in [0.2, 0.25) is 0 Å². The second-order valence-electron chi connectivity index (χ2n) is 4.47. The highest BCUT2D eigenvalue weighted by molar-refractivity contribution is 7.91. The number of hydrogen-bond donors (Lipinski definition) is 1. The first-order valence-corrected chi connectivity index (χ1v) is 7.43. The van der Waals surface area contributed by atoms with E-state index in [-0.39, 0.29) is 23.8 Å². The van der Waals surface area contributed by atoms with Gasteiger partial charge < -0.3 is 5.73 Å². The largest absolute Gasteiger partial charge is 0.330 e. The van der Waals surface area contributed by atoms with Crippen LogP contribution < -0.4 is 5.73 Å². The summed E-state index contributed by atoms with van der Waals surface area (Å²) in [7, 11) is -3.83. The van der Waals surface area contributed by atoms with E-state index in [1.807, 2.05) is 0 Å². The van der Waals surface area contributed by atoms with Crippen molar-refractivity contribution in [3.63, 3.8) is 0 Å². The van der Waals surface area contributed by atoms with E-state index >= 15 is 0 Å². The Balaban J connectivity index is 2.83. The summed E-state index contributed by atoms with van der Waals surface area (Å²) in [4.78, 5) is 0. The zero-order chi connectivity index (χ0) is 13.8. The Kier molecular flexibility index (Phi) is 4.81. The summed E-state index contributed by atoms with van der Waals surface area (Å²) in [6, 6.07) is 6.96. The van der Waals surface area contributed by atoms with Crippen molar-refractivity contribution in [2.45, 2.75) is 12.8 Å². The van der Waals surface area contributed by atoms with E-state index in [9.17, 15) is 17.2 Å². The monoisotopic (exact) mass is 277 g/mol. The minimum Gasteiger partial charge on any atom is -0.330 e. The fourth-order valence-electron chi connectivity index (χ4n) is 1.60. The molecule has 0 aliphatic heterocycles. The van der Waals surface area contributed by atoms with Crippen molar-refractivity contribution in [3.05, 3.63) is 35.9 Å². The molecule has 0 aliphatic carbocycles. The smallest absolute Gasteiger partial charge is 0.287 e. The van der Waals surface area contributed by atoms with E-state index in [4.69, 9.17) is 5.73 Å². The lowest BCUT2D eigenvalue weighted by Crippen LogP contribution is -2.30. The highest BCUT2D eigenvalue weighted by atomic mass is 32.2. The fourth-order valence-corrected chi connectivity index (χ4v) is 3.44. The van der Waals surface area contributed by atoms with Crippen LogP contribution in [0, 0.1) is 5.92 Å². The SMILES string of the molecule is CC(CN)CS(=O)(=O)CC(F)(F)c1ccccc1. The molecule has 6 heteroatoms. The Morgan fingerprint density at radius 1 is 1.28 bits per heavy atom. The highest BCUT2D eigenvalue weighted by Crippen LogP contribution is 2.29. The first kappa shape index (κ1) is 15.0. The van der Waals surface area contributed by atoms with Crippen molar-refractivity contribution in [1.82, 2.24) is 0 Å². The van der Waals surface area contributed by atoms with Crippen LogP contribution in [0.1, 0.15) is 12.5 Å². The quantitative estimate of drug-likeness (QED) is 0.862. The van der Waals surface area contributed by atoms with Crippen LogP contribution in [0.3, 0.4) is 0 Å². The second kappa shape index (κ2) is 5.75. The molecule has 1 atom stereocenters. The van der Waals surface area contributed by atoms with Crippen LogP contribution in [-0.2, 0) is 15.8 Å². The summed E-state index contributed by atoms with van der Waals surface area (Å²) in [5.74, 6) is -5.17. The normalized spacial score (nSPS) is 14.4. The van der Waals surface area contributed by atoms with Gasteiger partial charge in [0.15, 0.2) is 9.84 Å². The Labute approximate surface area is 106 Å². The summed E-state index contributed by atoms with van der Waals surface area (Å²) < 4.78 is 50.9. The summed E-state index contributed by atoms with van der Waals surface area (Å²) in [5.41, 5.74) is 5.02. The van der Waals surface area contributed by atoms with Gasteiger partial charge in [0.25, 0.3) is 5.92 Å². The Hall–Kier alpha value is -1.01. The van der Waals surface area contributed by atoms with Gasteiger partial charge in [-0.05, 0) is 12.5 Å². The van der Waals surface area contributed by atoms with Crippen molar-refractivity contribution in [1.29, 1.82) is 0 Å². The van der Waals surface area contributed by atoms with Crippen molar-refractivity contribution in [3.8, 4) is 0 Å². The first-order chi connectivity index (χ1) is 8.27. The van der Waals surface area contributed by atoms with Gasteiger partial charge in [-0.2, -0.15) is 0 Å². The van der Waals surface area contributed by atoms with Gasteiger partial charge in [0.2, 0.25) is 0 Å². The van der Waals surface area contributed by atoms with Gasteiger partial charge in [0.1, 0.15) is 5.75 Å². The number of rotatable bonds is 6. The fraction of sp³-hybridized carbons (Fsp3) is 0.500.